The molecular weight excluding hydrogens is 346 g/mol. The normalized spacial score (nSPS) is 16.6. The van der Waals surface area contributed by atoms with E-state index in [9.17, 15) is 4.79 Å². The molecule has 26 heavy (non-hydrogen) atoms. The predicted octanol–water partition coefficient (Wildman–Crippen LogP) is 3.97. The zero-order chi connectivity index (χ0) is 18.1. The van der Waals surface area contributed by atoms with Crippen molar-refractivity contribution in [2.45, 2.75) is 32.1 Å². The summed E-state index contributed by atoms with van der Waals surface area (Å²) in [5.74, 6) is 0.276. The number of carbonyl (C=O) groups is 1. The van der Waals surface area contributed by atoms with E-state index >= 15 is 0 Å². The summed E-state index contributed by atoms with van der Waals surface area (Å²) in [6, 6.07) is 10.5. The Morgan fingerprint density at radius 1 is 1.19 bits per heavy atom. The topological polar surface area (TPSA) is 59.2 Å². The molecule has 1 saturated heterocycles. The van der Waals surface area contributed by atoms with Gasteiger partial charge in [0, 0.05) is 23.9 Å². The smallest absolute Gasteiger partial charge is 0.291 e. The number of rotatable bonds is 3. The minimum atomic E-state index is -0.140. The van der Waals surface area contributed by atoms with Crippen molar-refractivity contribution < 1.29 is 9.21 Å². The van der Waals surface area contributed by atoms with E-state index < -0.39 is 0 Å². The van der Waals surface area contributed by atoms with E-state index in [0.29, 0.717) is 24.5 Å². The maximum atomic E-state index is 12.7. The van der Waals surface area contributed by atoms with Crippen LogP contribution in [0.25, 0.3) is 0 Å². The van der Waals surface area contributed by atoms with Gasteiger partial charge in [-0.3, -0.25) is 4.79 Å². The molecule has 4 rings (SSSR count). The largest absolute Gasteiger partial charge is 0.438 e. The van der Waals surface area contributed by atoms with Gasteiger partial charge < -0.3 is 9.32 Å². The van der Waals surface area contributed by atoms with Crippen molar-refractivity contribution in [1.82, 2.24) is 14.9 Å². The van der Waals surface area contributed by atoms with Crippen molar-refractivity contribution in [2.75, 3.05) is 13.1 Å². The first-order valence-corrected chi connectivity index (χ1v) is 9.65. The fraction of sp³-hybridized carbons (Fsp3) is 0.350. The number of nitrogens with zero attached hydrogens (tertiary/aromatic N) is 3. The van der Waals surface area contributed by atoms with Crippen molar-refractivity contribution in [2.24, 2.45) is 0 Å². The van der Waals surface area contributed by atoms with E-state index in [1.165, 1.54) is 12.0 Å². The summed E-state index contributed by atoms with van der Waals surface area (Å²) in [4.78, 5) is 23.5. The second-order valence-electron chi connectivity index (χ2n) is 6.76. The number of piperidine rings is 1. The molecule has 3 heterocycles. The van der Waals surface area contributed by atoms with Gasteiger partial charge in [-0.1, -0.05) is 30.3 Å². The molecule has 1 amide bonds. The van der Waals surface area contributed by atoms with Crippen LogP contribution in [0.1, 0.15) is 45.4 Å². The molecule has 0 aliphatic carbocycles. The van der Waals surface area contributed by atoms with Crippen LogP contribution in [0.3, 0.4) is 0 Å². The summed E-state index contributed by atoms with van der Waals surface area (Å²) in [6.07, 6.45) is 3.02. The lowest BCUT2D eigenvalue weighted by atomic mass is 9.70. The highest BCUT2D eigenvalue weighted by Gasteiger charge is 2.41. The Balaban J connectivity index is 1.63. The summed E-state index contributed by atoms with van der Waals surface area (Å²) in [5, 5.41) is 3.24. The third-order valence-electron chi connectivity index (χ3n) is 5.28. The fourth-order valence-electron chi connectivity index (χ4n) is 3.78. The summed E-state index contributed by atoms with van der Waals surface area (Å²) in [7, 11) is 0. The Bertz CT molecular complexity index is 908. The molecule has 2 aromatic heterocycles. The van der Waals surface area contributed by atoms with Gasteiger partial charge in [0.1, 0.15) is 0 Å². The van der Waals surface area contributed by atoms with Crippen LogP contribution in [0.2, 0.25) is 0 Å². The van der Waals surface area contributed by atoms with Crippen molar-refractivity contribution >= 4 is 17.2 Å². The maximum absolute atomic E-state index is 12.7. The van der Waals surface area contributed by atoms with Gasteiger partial charge in [-0.15, -0.1) is 11.3 Å². The molecular formula is C20H21N3O2S. The minimum absolute atomic E-state index is 0.0730. The lowest BCUT2D eigenvalue weighted by molar-refractivity contribution is 0.0651. The van der Waals surface area contributed by atoms with Gasteiger partial charge >= 0.3 is 0 Å². The second kappa shape index (κ2) is 6.68. The van der Waals surface area contributed by atoms with E-state index in [0.717, 1.165) is 23.5 Å². The molecule has 0 radical (unpaired) electrons. The zero-order valence-electron chi connectivity index (χ0n) is 14.9. The molecule has 6 heteroatoms. The number of aromatic nitrogens is 2. The van der Waals surface area contributed by atoms with Gasteiger partial charge in [0.05, 0.1) is 16.4 Å². The van der Waals surface area contributed by atoms with E-state index in [1.807, 2.05) is 17.9 Å². The molecule has 0 spiro atoms. The minimum Gasteiger partial charge on any atom is -0.438 e. The first kappa shape index (κ1) is 17.0. The van der Waals surface area contributed by atoms with Crippen LogP contribution in [0.15, 0.2) is 46.5 Å². The molecule has 0 N–H and O–H groups in total. The molecule has 0 atom stereocenters. The Hall–Kier alpha value is -2.47. The summed E-state index contributed by atoms with van der Waals surface area (Å²) in [5.41, 5.74) is 2.90. The molecule has 134 valence electrons. The molecule has 3 aromatic rings. The van der Waals surface area contributed by atoms with E-state index in [-0.39, 0.29) is 11.3 Å². The van der Waals surface area contributed by atoms with Gasteiger partial charge in [-0.25, -0.2) is 9.97 Å². The van der Waals surface area contributed by atoms with Crippen LogP contribution in [0.4, 0.5) is 0 Å². The van der Waals surface area contributed by atoms with Crippen LogP contribution in [0, 0.1) is 13.8 Å². The predicted molar refractivity (Wildman–Crippen MR) is 100 cm³/mol. The second-order valence-corrected chi connectivity index (χ2v) is 7.82. The highest BCUT2D eigenvalue weighted by atomic mass is 32.1. The molecule has 1 aliphatic heterocycles. The highest BCUT2D eigenvalue weighted by molar-refractivity contribution is 7.09. The van der Waals surface area contributed by atoms with Crippen LogP contribution in [-0.2, 0) is 5.41 Å². The average Bonchev–Trinajstić information content (AvgIpc) is 3.30. The van der Waals surface area contributed by atoms with Gasteiger partial charge in [0.15, 0.2) is 6.39 Å². The number of hydrogen-bond acceptors (Lipinski definition) is 5. The first-order chi connectivity index (χ1) is 12.6. The molecule has 1 aromatic carbocycles. The summed E-state index contributed by atoms with van der Waals surface area (Å²) < 4.78 is 5.29. The molecule has 0 bridgehead atoms. The standard InChI is InChI=1S/C20H21N3O2S/c1-14-18(25-13-21-14)19(24)23-10-8-20(9-11-23,16-6-4-3-5-7-16)17-12-26-15(2)22-17/h3-7,12-13H,8-11H2,1-2H3. The van der Waals surface area contributed by atoms with Gasteiger partial charge in [0.2, 0.25) is 5.76 Å². The number of amides is 1. The molecule has 1 aliphatic rings. The molecule has 1 fully saturated rings. The van der Waals surface area contributed by atoms with E-state index in [1.54, 1.807) is 18.3 Å². The Kier molecular flexibility index (Phi) is 4.36. The van der Waals surface area contributed by atoms with E-state index in [2.05, 4.69) is 34.6 Å². The molecule has 5 nitrogen and oxygen atoms in total. The van der Waals surface area contributed by atoms with Gasteiger partial charge in [-0.05, 0) is 32.3 Å². The first-order valence-electron chi connectivity index (χ1n) is 8.78. The number of aryl methyl sites for hydroxylation is 2. The molecule has 0 unspecified atom stereocenters. The fourth-order valence-corrected chi connectivity index (χ4v) is 4.49. The number of benzene rings is 1. The number of thiazole rings is 1. The lowest BCUT2D eigenvalue weighted by Crippen LogP contribution is -2.46. The number of carbonyl (C=O) groups excluding carboxylic acids is 1. The van der Waals surface area contributed by atoms with Crippen molar-refractivity contribution in [3.63, 3.8) is 0 Å². The van der Waals surface area contributed by atoms with Gasteiger partial charge in [-0.2, -0.15) is 0 Å². The van der Waals surface area contributed by atoms with E-state index in [4.69, 9.17) is 9.40 Å². The number of hydrogen-bond donors (Lipinski definition) is 0. The van der Waals surface area contributed by atoms with Crippen LogP contribution >= 0.6 is 11.3 Å². The van der Waals surface area contributed by atoms with Crippen molar-refractivity contribution in [3.8, 4) is 0 Å². The van der Waals surface area contributed by atoms with Crippen LogP contribution in [0.5, 0.6) is 0 Å². The third kappa shape index (κ3) is 2.84. The SMILES string of the molecule is Cc1nc(C2(c3ccccc3)CCN(C(=O)c3ocnc3C)CC2)cs1. The van der Waals surface area contributed by atoms with Gasteiger partial charge in [0.25, 0.3) is 5.91 Å². The quantitative estimate of drug-likeness (QED) is 0.703. The lowest BCUT2D eigenvalue weighted by Gasteiger charge is -2.41. The number of likely N-dealkylation sites (tertiary alicyclic amines) is 1. The maximum Gasteiger partial charge on any atom is 0.291 e. The van der Waals surface area contributed by atoms with Crippen molar-refractivity contribution in [1.29, 1.82) is 0 Å². The monoisotopic (exact) mass is 367 g/mol. The average molecular weight is 367 g/mol. The Morgan fingerprint density at radius 3 is 2.50 bits per heavy atom. The highest BCUT2D eigenvalue weighted by Crippen LogP contribution is 2.42. The summed E-state index contributed by atoms with van der Waals surface area (Å²) >= 11 is 1.68. The summed E-state index contributed by atoms with van der Waals surface area (Å²) in [6.45, 7) is 5.18. The molecule has 0 saturated carbocycles. The van der Waals surface area contributed by atoms with Crippen LogP contribution in [-0.4, -0.2) is 33.9 Å². The Labute approximate surface area is 156 Å². The third-order valence-corrected chi connectivity index (χ3v) is 6.05. The van der Waals surface area contributed by atoms with Crippen molar-refractivity contribution in [3.05, 3.63) is 69.8 Å². The zero-order valence-corrected chi connectivity index (χ0v) is 15.8. The number of oxazole rings is 1. The van der Waals surface area contributed by atoms with Crippen LogP contribution < -0.4 is 0 Å². The Morgan fingerprint density at radius 2 is 1.92 bits per heavy atom.